The van der Waals surface area contributed by atoms with Gasteiger partial charge < -0.3 is 0 Å². The Morgan fingerprint density at radius 3 is 2.58 bits per heavy atom. The van der Waals surface area contributed by atoms with E-state index in [-0.39, 0.29) is 10.6 Å². The van der Waals surface area contributed by atoms with Gasteiger partial charge in [0, 0.05) is 6.26 Å². The standard InChI is InChI=1S/C17H12N4O3S2/c1-26(23,24)10-6-7-13-15(8-10)25-17(20-13)21-16(22)14-9-18-11-4-2-3-5-12(11)19-14/h2-9H,1H3,(H,20,21,22). The molecule has 2 aromatic heterocycles. The molecule has 0 aliphatic carbocycles. The van der Waals surface area contributed by atoms with E-state index in [1.54, 1.807) is 18.2 Å². The Morgan fingerprint density at radius 1 is 1.04 bits per heavy atom. The van der Waals surface area contributed by atoms with Crippen molar-refractivity contribution in [2.75, 3.05) is 11.6 Å². The predicted octanol–water partition coefficient (Wildman–Crippen LogP) is 2.90. The molecule has 0 bridgehead atoms. The lowest BCUT2D eigenvalue weighted by atomic mass is 10.3. The molecule has 9 heteroatoms. The Hall–Kier alpha value is -2.91. The first kappa shape index (κ1) is 16.6. The zero-order valence-electron chi connectivity index (χ0n) is 13.5. The number of hydrogen-bond donors (Lipinski definition) is 1. The maximum atomic E-state index is 12.4. The highest BCUT2D eigenvalue weighted by atomic mass is 32.2. The zero-order valence-corrected chi connectivity index (χ0v) is 15.1. The van der Waals surface area contributed by atoms with Crippen molar-refractivity contribution in [2.45, 2.75) is 4.90 Å². The summed E-state index contributed by atoms with van der Waals surface area (Å²) in [5.41, 5.74) is 2.13. The number of thiazole rings is 1. The first-order valence-corrected chi connectivity index (χ1v) is 10.2. The first-order valence-electron chi connectivity index (χ1n) is 7.54. The van der Waals surface area contributed by atoms with Crippen molar-refractivity contribution in [3.05, 3.63) is 54.4 Å². The maximum Gasteiger partial charge on any atom is 0.277 e. The quantitative estimate of drug-likeness (QED) is 0.583. The number of nitrogens with one attached hydrogen (secondary N) is 1. The highest BCUT2D eigenvalue weighted by Gasteiger charge is 2.14. The van der Waals surface area contributed by atoms with Gasteiger partial charge in [-0.25, -0.2) is 18.4 Å². The van der Waals surface area contributed by atoms with Gasteiger partial charge in [-0.15, -0.1) is 0 Å². The van der Waals surface area contributed by atoms with Gasteiger partial charge in [0.1, 0.15) is 5.69 Å². The van der Waals surface area contributed by atoms with Crippen molar-refractivity contribution in [3.63, 3.8) is 0 Å². The van der Waals surface area contributed by atoms with Crippen molar-refractivity contribution in [3.8, 4) is 0 Å². The summed E-state index contributed by atoms with van der Waals surface area (Å²) >= 11 is 1.20. The predicted molar refractivity (Wildman–Crippen MR) is 100 cm³/mol. The van der Waals surface area contributed by atoms with Crippen LogP contribution < -0.4 is 5.32 Å². The van der Waals surface area contributed by atoms with E-state index < -0.39 is 15.7 Å². The molecule has 0 radical (unpaired) electrons. The Morgan fingerprint density at radius 2 is 1.81 bits per heavy atom. The Balaban J connectivity index is 1.64. The fourth-order valence-corrected chi connectivity index (χ4v) is 4.04. The van der Waals surface area contributed by atoms with Crippen LogP contribution in [0.15, 0.2) is 53.6 Å². The number of fused-ring (bicyclic) bond motifs is 2. The van der Waals surface area contributed by atoms with Gasteiger partial charge in [-0.2, -0.15) is 0 Å². The molecular formula is C17H12N4O3S2. The second kappa shape index (κ2) is 6.11. The third-order valence-electron chi connectivity index (χ3n) is 3.69. The van der Waals surface area contributed by atoms with E-state index in [4.69, 9.17) is 0 Å². The smallest absolute Gasteiger partial charge is 0.277 e. The number of anilines is 1. The molecule has 1 N–H and O–H groups in total. The van der Waals surface area contributed by atoms with Gasteiger partial charge in [0.05, 0.1) is 32.3 Å². The second-order valence-corrected chi connectivity index (χ2v) is 8.67. The Labute approximate surface area is 152 Å². The molecule has 4 aromatic rings. The summed E-state index contributed by atoms with van der Waals surface area (Å²) in [7, 11) is -3.30. The molecule has 0 spiro atoms. The number of carbonyl (C=O) groups excluding carboxylic acids is 1. The number of para-hydroxylation sites is 2. The van der Waals surface area contributed by atoms with Crippen LogP contribution in [0.1, 0.15) is 10.5 Å². The molecule has 0 atom stereocenters. The van der Waals surface area contributed by atoms with Gasteiger partial charge in [0.2, 0.25) is 0 Å². The number of nitrogens with zero attached hydrogens (tertiary/aromatic N) is 3. The van der Waals surface area contributed by atoms with E-state index >= 15 is 0 Å². The lowest BCUT2D eigenvalue weighted by Crippen LogP contribution is -2.13. The number of carbonyl (C=O) groups is 1. The fourth-order valence-electron chi connectivity index (χ4n) is 2.42. The van der Waals surface area contributed by atoms with Gasteiger partial charge in [-0.1, -0.05) is 23.5 Å². The van der Waals surface area contributed by atoms with E-state index in [2.05, 4.69) is 20.3 Å². The summed E-state index contributed by atoms with van der Waals surface area (Å²) < 4.78 is 24.0. The average molecular weight is 384 g/mol. The number of benzene rings is 2. The summed E-state index contributed by atoms with van der Waals surface area (Å²) in [6, 6.07) is 11.9. The van der Waals surface area contributed by atoms with Gasteiger partial charge in [0.15, 0.2) is 15.0 Å². The summed E-state index contributed by atoms with van der Waals surface area (Å²) in [5, 5.41) is 3.05. The van der Waals surface area contributed by atoms with Crippen LogP contribution in [0.4, 0.5) is 5.13 Å². The summed E-state index contributed by atoms with van der Waals surface area (Å²) in [6.07, 6.45) is 2.56. The highest BCUT2D eigenvalue weighted by molar-refractivity contribution is 7.90. The van der Waals surface area contributed by atoms with E-state index in [0.29, 0.717) is 26.4 Å². The molecule has 130 valence electrons. The average Bonchev–Trinajstić information content (AvgIpc) is 3.01. The summed E-state index contributed by atoms with van der Waals surface area (Å²) in [5.74, 6) is -0.425. The number of amides is 1. The molecule has 4 rings (SSSR count). The van der Waals surface area contributed by atoms with Crippen molar-refractivity contribution in [2.24, 2.45) is 0 Å². The molecule has 0 aliphatic heterocycles. The van der Waals surface area contributed by atoms with Crippen LogP contribution >= 0.6 is 11.3 Å². The zero-order chi connectivity index (χ0) is 18.3. The third kappa shape index (κ3) is 3.14. The van der Waals surface area contributed by atoms with Crippen LogP contribution in [0.2, 0.25) is 0 Å². The van der Waals surface area contributed by atoms with E-state index in [1.807, 2.05) is 18.2 Å². The molecule has 0 unspecified atom stereocenters. The van der Waals surface area contributed by atoms with Crippen LogP contribution in [-0.2, 0) is 9.84 Å². The molecule has 2 heterocycles. The Kier molecular flexibility index (Phi) is 3.89. The van der Waals surface area contributed by atoms with Crippen molar-refractivity contribution < 1.29 is 13.2 Å². The maximum absolute atomic E-state index is 12.4. The lowest BCUT2D eigenvalue weighted by Gasteiger charge is -2.02. The summed E-state index contributed by atoms with van der Waals surface area (Å²) in [4.78, 5) is 25.5. The second-order valence-electron chi connectivity index (χ2n) is 5.62. The molecule has 26 heavy (non-hydrogen) atoms. The fraction of sp³-hybridized carbons (Fsp3) is 0.0588. The number of rotatable bonds is 3. The molecular weight excluding hydrogens is 372 g/mol. The van der Waals surface area contributed by atoms with Crippen molar-refractivity contribution in [1.82, 2.24) is 15.0 Å². The number of hydrogen-bond acceptors (Lipinski definition) is 7. The number of sulfone groups is 1. The van der Waals surface area contributed by atoms with Gasteiger partial charge in [-0.3, -0.25) is 15.1 Å². The van der Waals surface area contributed by atoms with Crippen LogP contribution in [-0.4, -0.2) is 35.5 Å². The van der Waals surface area contributed by atoms with Crippen LogP contribution in [0.25, 0.3) is 21.3 Å². The van der Waals surface area contributed by atoms with Crippen LogP contribution in [0.5, 0.6) is 0 Å². The van der Waals surface area contributed by atoms with Crippen molar-refractivity contribution in [1.29, 1.82) is 0 Å². The topological polar surface area (TPSA) is 102 Å². The monoisotopic (exact) mass is 384 g/mol. The molecule has 0 aliphatic rings. The lowest BCUT2D eigenvalue weighted by molar-refractivity contribution is 0.102. The van der Waals surface area contributed by atoms with Gasteiger partial charge >= 0.3 is 0 Å². The minimum Gasteiger partial charge on any atom is -0.296 e. The first-order chi connectivity index (χ1) is 12.4. The molecule has 7 nitrogen and oxygen atoms in total. The van der Waals surface area contributed by atoms with E-state index in [9.17, 15) is 13.2 Å². The molecule has 1 amide bonds. The normalized spacial score (nSPS) is 11.7. The van der Waals surface area contributed by atoms with E-state index in [1.165, 1.54) is 23.6 Å². The van der Waals surface area contributed by atoms with Crippen molar-refractivity contribution >= 4 is 53.5 Å². The molecule has 2 aromatic carbocycles. The largest absolute Gasteiger partial charge is 0.296 e. The van der Waals surface area contributed by atoms with Crippen LogP contribution in [0, 0.1) is 0 Å². The highest BCUT2D eigenvalue weighted by Crippen LogP contribution is 2.28. The van der Waals surface area contributed by atoms with E-state index in [0.717, 1.165) is 6.26 Å². The Bertz CT molecular complexity index is 1270. The van der Waals surface area contributed by atoms with Gasteiger partial charge in [-0.05, 0) is 30.3 Å². The summed E-state index contributed by atoms with van der Waals surface area (Å²) in [6.45, 7) is 0. The molecule has 0 fully saturated rings. The minimum absolute atomic E-state index is 0.180. The SMILES string of the molecule is CS(=O)(=O)c1ccc2nc(NC(=O)c3cnc4ccccc4n3)sc2c1. The van der Waals surface area contributed by atoms with Crippen LogP contribution in [0.3, 0.4) is 0 Å². The minimum atomic E-state index is -3.30. The van der Waals surface area contributed by atoms with Gasteiger partial charge in [0.25, 0.3) is 5.91 Å². The molecule has 0 saturated carbocycles. The third-order valence-corrected chi connectivity index (χ3v) is 5.73. The molecule has 0 saturated heterocycles. The number of aromatic nitrogens is 3.